The van der Waals surface area contributed by atoms with Gasteiger partial charge in [0.1, 0.15) is 11.0 Å². The Labute approximate surface area is 162 Å². The van der Waals surface area contributed by atoms with E-state index < -0.39 is 11.0 Å². The molecule has 2 aliphatic rings. The molecule has 0 aliphatic heterocycles. The van der Waals surface area contributed by atoms with E-state index in [1.165, 1.54) is 11.1 Å². The van der Waals surface area contributed by atoms with Gasteiger partial charge in [-0.2, -0.15) is 4.40 Å². The van der Waals surface area contributed by atoms with Gasteiger partial charge < -0.3 is 4.74 Å². The topological polar surface area (TPSA) is 38.7 Å². The Kier molecular flexibility index (Phi) is 5.06. The lowest BCUT2D eigenvalue weighted by molar-refractivity contribution is -0.0407. The molecule has 0 N–H and O–H groups in total. The van der Waals surface area contributed by atoms with Crippen LogP contribution in [0.25, 0.3) is 0 Å². The molecular weight excluding hydrogens is 398 g/mol. The Morgan fingerprint density at radius 1 is 1.20 bits per heavy atom. The summed E-state index contributed by atoms with van der Waals surface area (Å²) < 4.78 is 24.1. The first-order valence-corrected chi connectivity index (χ1v) is 10.8. The summed E-state index contributed by atoms with van der Waals surface area (Å²) in [6.45, 7) is 8.15. The number of fused-ring (bicyclic) bond motifs is 1. The predicted octanol–water partition coefficient (Wildman–Crippen LogP) is 5.22. The van der Waals surface area contributed by atoms with E-state index in [1.807, 2.05) is 27.9 Å². The summed E-state index contributed by atoms with van der Waals surface area (Å²) in [5.74, 6) is 0. The van der Waals surface area contributed by atoms with Crippen molar-refractivity contribution in [3.05, 3.63) is 33.8 Å². The van der Waals surface area contributed by atoms with Gasteiger partial charge in [-0.1, -0.05) is 22.0 Å². The third kappa shape index (κ3) is 3.65. The van der Waals surface area contributed by atoms with Gasteiger partial charge in [-0.15, -0.1) is 0 Å². The molecule has 3 rings (SSSR count). The summed E-state index contributed by atoms with van der Waals surface area (Å²) in [5, 5.41) is 0. The molecule has 1 spiro atoms. The van der Waals surface area contributed by atoms with E-state index in [9.17, 15) is 4.21 Å². The minimum atomic E-state index is -1.25. The fourth-order valence-corrected chi connectivity index (χ4v) is 4.99. The number of methoxy groups -OCH3 is 1. The fourth-order valence-electron chi connectivity index (χ4n) is 3.90. The van der Waals surface area contributed by atoms with Crippen LogP contribution in [0, 0.1) is 5.41 Å². The summed E-state index contributed by atoms with van der Waals surface area (Å²) in [6.07, 6.45) is 5.09. The number of rotatable bonds is 2. The predicted molar refractivity (Wildman–Crippen MR) is 109 cm³/mol. The van der Waals surface area contributed by atoms with Gasteiger partial charge in [-0.05, 0) is 77.5 Å². The normalized spacial score (nSPS) is 32.2. The highest BCUT2D eigenvalue weighted by molar-refractivity contribution is 9.10. The van der Waals surface area contributed by atoms with Crippen molar-refractivity contribution < 1.29 is 8.95 Å². The van der Waals surface area contributed by atoms with Crippen LogP contribution in [-0.4, -0.2) is 27.4 Å². The molecule has 0 amide bonds. The van der Waals surface area contributed by atoms with Crippen molar-refractivity contribution in [1.29, 1.82) is 0 Å². The zero-order valence-electron chi connectivity index (χ0n) is 15.8. The molecule has 0 saturated heterocycles. The monoisotopic (exact) mass is 425 g/mol. The number of hydrogen-bond donors (Lipinski definition) is 0. The van der Waals surface area contributed by atoms with E-state index in [0.717, 1.165) is 42.3 Å². The van der Waals surface area contributed by atoms with Gasteiger partial charge in [0.2, 0.25) is 0 Å². The maximum atomic E-state index is 12.8. The highest BCUT2D eigenvalue weighted by Crippen LogP contribution is 2.51. The number of ether oxygens (including phenoxy) is 1. The first kappa shape index (κ1) is 19.2. The van der Waals surface area contributed by atoms with E-state index in [0.29, 0.717) is 0 Å². The number of benzene rings is 1. The van der Waals surface area contributed by atoms with Gasteiger partial charge in [0.05, 0.1) is 16.1 Å². The Bertz CT molecular complexity index is 728. The first-order chi connectivity index (χ1) is 11.6. The molecule has 1 atom stereocenters. The van der Waals surface area contributed by atoms with E-state index >= 15 is 0 Å². The molecule has 2 aliphatic carbocycles. The van der Waals surface area contributed by atoms with Crippen LogP contribution < -0.4 is 0 Å². The molecule has 0 heterocycles. The van der Waals surface area contributed by atoms with E-state index in [1.54, 1.807) is 0 Å². The standard InChI is InChI=1S/C20H28BrNO2S/c1-18(2,3)25(23)22-17-16-12-15(21)7-6-14(16)13-20(17)10-8-19(4,24-5)9-11-20/h6-7,12H,8-11,13H2,1-5H3. The molecule has 1 saturated carbocycles. The Morgan fingerprint density at radius 2 is 1.84 bits per heavy atom. The molecule has 1 fully saturated rings. The number of hydrogen-bond acceptors (Lipinski definition) is 2. The number of halogens is 1. The molecule has 0 bridgehead atoms. The van der Waals surface area contributed by atoms with Crippen LogP contribution in [0.2, 0.25) is 0 Å². The lowest BCUT2D eigenvalue weighted by Crippen LogP contribution is -2.42. The quantitative estimate of drug-likeness (QED) is 0.650. The van der Waals surface area contributed by atoms with Gasteiger partial charge >= 0.3 is 0 Å². The molecule has 3 nitrogen and oxygen atoms in total. The Morgan fingerprint density at radius 3 is 2.40 bits per heavy atom. The first-order valence-electron chi connectivity index (χ1n) is 8.94. The summed E-state index contributed by atoms with van der Waals surface area (Å²) >= 11 is 3.59. The van der Waals surface area contributed by atoms with Crippen molar-refractivity contribution in [1.82, 2.24) is 0 Å². The summed E-state index contributed by atoms with van der Waals surface area (Å²) in [7, 11) is 0.559. The second-order valence-corrected chi connectivity index (χ2v) is 11.5. The highest BCUT2D eigenvalue weighted by Gasteiger charge is 2.48. The van der Waals surface area contributed by atoms with Crippen LogP contribution >= 0.6 is 15.9 Å². The van der Waals surface area contributed by atoms with Crippen molar-refractivity contribution >= 4 is 32.6 Å². The number of nitrogens with zero attached hydrogens (tertiary/aromatic N) is 1. The van der Waals surface area contributed by atoms with Crippen molar-refractivity contribution in [3.8, 4) is 0 Å². The van der Waals surface area contributed by atoms with E-state index in [2.05, 4.69) is 41.1 Å². The van der Waals surface area contributed by atoms with Crippen LogP contribution in [-0.2, 0) is 22.1 Å². The maximum absolute atomic E-state index is 12.8. The van der Waals surface area contributed by atoms with Crippen molar-refractivity contribution in [3.63, 3.8) is 0 Å². The van der Waals surface area contributed by atoms with Crippen molar-refractivity contribution in [2.24, 2.45) is 9.81 Å². The molecule has 1 aromatic rings. The maximum Gasteiger partial charge on any atom is 0.145 e. The van der Waals surface area contributed by atoms with Crippen molar-refractivity contribution in [2.75, 3.05) is 7.11 Å². The lowest BCUT2D eigenvalue weighted by atomic mass is 9.66. The zero-order chi connectivity index (χ0) is 18.5. The van der Waals surface area contributed by atoms with Crippen molar-refractivity contribution in [2.45, 2.75) is 70.1 Å². The van der Waals surface area contributed by atoms with Crippen LogP contribution in [0.1, 0.15) is 64.5 Å². The van der Waals surface area contributed by atoms with Crippen LogP contribution in [0.5, 0.6) is 0 Å². The van der Waals surface area contributed by atoms with E-state index in [4.69, 9.17) is 9.13 Å². The third-order valence-corrected chi connectivity index (χ3v) is 7.70. The summed E-state index contributed by atoms with van der Waals surface area (Å²) in [5.41, 5.74) is 3.51. The second kappa shape index (κ2) is 6.58. The molecule has 5 heteroatoms. The largest absolute Gasteiger partial charge is 0.379 e. The Balaban J connectivity index is 2.04. The molecule has 138 valence electrons. The average molecular weight is 426 g/mol. The molecule has 0 aromatic heterocycles. The molecule has 0 radical (unpaired) electrons. The molecule has 1 unspecified atom stereocenters. The average Bonchev–Trinajstić information content (AvgIpc) is 2.83. The minimum Gasteiger partial charge on any atom is -0.379 e. The van der Waals surface area contributed by atoms with Gasteiger partial charge in [0.15, 0.2) is 0 Å². The van der Waals surface area contributed by atoms with Crippen LogP contribution in [0.15, 0.2) is 27.1 Å². The van der Waals surface area contributed by atoms with Gasteiger partial charge in [-0.3, -0.25) is 0 Å². The zero-order valence-corrected chi connectivity index (χ0v) is 18.2. The van der Waals surface area contributed by atoms with Gasteiger partial charge in [-0.25, -0.2) is 4.21 Å². The molecular formula is C20H28BrNO2S. The second-order valence-electron chi connectivity index (χ2n) is 8.71. The fraction of sp³-hybridized carbons (Fsp3) is 0.650. The van der Waals surface area contributed by atoms with Gasteiger partial charge in [0.25, 0.3) is 0 Å². The SMILES string of the molecule is COC1(C)CCC2(CC1)Cc1ccc(Br)cc1C2=NS(=O)C(C)(C)C. The highest BCUT2D eigenvalue weighted by atomic mass is 79.9. The molecule has 1 aromatic carbocycles. The lowest BCUT2D eigenvalue weighted by Gasteiger charge is -2.42. The smallest absolute Gasteiger partial charge is 0.145 e. The summed E-state index contributed by atoms with van der Waals surface area (Å²) in [6, 6.07) is 6.43. The van der Waals surface area contributed by atoms with E-state index in [-0.39, 0.29) is 15.8 Å². The molecule has 25 heavy (non-hydrogen) atoms. The Hall–Kier alpha value is -0.520. The van der Waals surface area contributed by atoms with Crippen LogP contribution in [0.4, 0.5) is 0 Å². The van der Waals surface area contributed by atoms with Crippen LogP contribution in [0.3, 0.4) is 0 Å². The summed E-state index contributed by atoms with van der Waals surface area (Å²) in [4.78, 5) is 0. The van der Waals surface area contributed by atoms with Gasteiger partial charge in [0, 0.05) is 22.6 Å². The third-order valence-electron chi connectivity index (χ3n) is 5.81. The minimum absolute atomic E-state index is 0.00206.